The summed E-state index contributed by atoms with van der Waals surface area (Å²) in [4.78, 5) is 32.1. The first-order valence-electron chi connectivity index (χ1n) is 12.8. The fraction of sp³-hybridized carbons (Fsp3) is 0.536. The molecule has 2 unspecified atom stereocenters. The number of halogens is 3. The van der Waals surface area contributed by atoms with Crippen molar-refractivity contribution in [1.29, 1.82) is 0 Å². The van der Waals surface area contributed by atoms with Gasteiger partial charge in [-0.25, -0.2) is 0 Å². The fourth-order valence-corrected chi connectivity index (χ4v) is 7.83. The maximum absolute atomic E-state index is 13.0. The molecule has 1 amide bonds. The molecule has 2 fully saturated rings. The minimum absolute atomic E-state index is 0.0961. The molecule has 186 valence electrons. The topological polar surface area (TPSA) is 50.3 Å². The van der Waals surface area contributed by atoms with Crippen molar-refractivity contribution in [3.63, 3.8) is 0 Å². The third kappa shape index (κ3) is 5.55. The number of likely N-dealkylation sites (tertiary alicyclic amines) is 1. The zero-order valence-corrected chi connectivity index (χ0v) is 23.8. The van der Waals surface area contributed by atoms with Gasteiger partial charge >= 0.3 is 0 Å². The van der Waals surface area contributed by atoms with E-state index in [1.165, 1.54) is 16.7 Å². The molecule has 0 bridgehead atoms. The number of rotatable bonds is 4. The first kappa shape index (κ1) is 25.4. The van der Waals surface area contributed by atoms with Crippen LogP contribution in [-0.4, -0.2) is 34.7 Å². The molecule has 0 spiro atoms. The molecule has 2 atom stereocenters. The number of carbonyl (C=O) groups excluding carboxylic acids is 2. The van der Waals surface area contributed by atoms with Crippen LogP contribution in [0.15, 0.2) is 33.3 Å². The molecular weight excluding hydrogens is 592 g/mol. The predicted octanol–water partition coefficient (Wildman–Crippen LogP) is 7.27. The average molecular weight is 623 g/mol. The van der Waals surface area contributed by atoms with Crippen LogP contribution in [-0.2, 0) is 22.4 Å². The molecule has 1 aromatic carbocycles. The first-order chi connectivity index (χ1) is 16.9. The van der Waals surface area contributed by atoms with E-state index >= 15 is 0 Å². The lowest BCUT2D eigenvalue weighted by atomic mass is 9.76. The zero-order valence-electron chi connectivity index (χ0n) is 19.9. The van der Waals surface area contributed by atoms with Crippen molar-refractivity contribution in [2.75, 3.05) is 13.1 Å². The van der Waals surface area contributed by atoms with Gasteiger partial charge in [-0.3, -0.25) is 14.6 Å². The van der Waals surface area contributed by atoms with Crippen LogP contribution in [0.1, 0.15) is 79.7 Å². The molecule has 3 aliphatic rings. The van der Waals surface area contributed by atoms with Crippen molar-refractivity contribution in [3.8, 4) is 0 Å². The Balaban J connectivity index is 1.33. The lowest BCUT2D eigenvalue weighted by molar-refractivity contribution is -0.133. The maximum atomic E-state index is 13.0. The van der Waals surface area contributed by atoms with Gasteiger partial charge in [0, 0.05) is 57.9 Å². The smallest absolute Gasteiger partial charge is 0.222 e. The van der Waals surface area contributed by atoms with Crippen molar-refractivity contribution in [2.24, 2.45) is 11.8 Å². The summed E-state index contributed by atoms with van der Waals surface area (Å²) in [6, 6.07) is 6.32. The molecule has 1 saturated carbocycles. The second-order valence-corrected chi connectivity index (χ2v) is 12.5. The minimum atomic E-state index is 0.0961. The zero-order chi connectivity index (χ0) is 24.5. The number of amides is 1. The number of Topliss-reactive ketones (excluding diaryl/α,β-unsaturated/α-hetero) is 1. The Morgan fingerprint density at radius 2 is 1.80 bits per heavy atom. The largest absolute Gasteiger partial charge is 0.343 e. The van der Waals surface area contributed by atoms with Gasteiger partial charge in [-0.2, -0.15) is 0 Å². The lowest BCUT2D eigenvalue weighted by Gasteiger charge is -2.37. The summed E-state index contributed by atoms with van der Waals surface area (Å²) in [6.07, 6.45) is 10.7. The average Bonchev–Trinajstić information content (AvgIpc) is 3.00. The van der Waals surface area contributed by atoms with Crippen LogP contribution in [0.3, 0.4) is 0 Å². The van der Waals surface area contributed by atoms with Gasteiger partial charge < -0.3 is 4.90 Å². The van der Waals surface area contributed by atoms with Crippen LogP contribution < -0.4 is 0 Å². The Hall–Kier alpha value is -1.24. The van der Waals surface area contributed by atoms with E-state index in [9.17, 15) is 9.59 Å². The molecular formula is C28H31Br2ClN2O2. The summed E-state index contributed by atoms with van der Waals surface area (Å²) in [5, 5.41) is 0.756. The highest BCUT2D eigenvalue weighted by Crippen LogP contribution is 2.46. The van der Waals surface area contributed by atoms with Gasteiger partial charge in [0.05, 0.1) is 5.69 Å². The summed E-state index contributed by atoms with van der Waals surface area (Å²) in [5.74, 6) is 1.25. The van der Waals surface area contributed by atoms with Crippen LogP contribution in [0.2, 0.25) is 5.02 Å². The van der Waals surface area contributed by atoms with Crippen molar-refractivity contribution in [3.05, 3.63) is 60.7 Å². The van der Waals surface area contributed by atoms with Gasteiger partial charge in [0.25, 0.3) is 0 Å². The van der Waals surface area contributed by atoms with Gasteiger partial charge in [-0.15, -0.1) is 0 Å². The highest BCUT2D eigenvalue weighted by atomic mass is 79.9. The summed E-state index contributed by atoms with van der Waals surface area (Å²) in [6.45, 7) is 1.54. The number of hydrogen-bond acceptors (Lipinski definition) is 3. The number of nitrogens with zero attached hydrogens (tertiary/aromatic N) is 2. The standard InChI is InChI=1S/C28H31Br2ClN2O2/c29-21-13-20-6-5-19-14-22(31)15-23(30)26(19)27(28(20)32-16-21)18-9-11-33(12-10-18)25(35)8-7-17-3-1-2-4-24(17)34/h13-18,27H,1-12H2. The molecule has 4 nitrogen and oxygen atoms in total. The van der Waals surface area contributed by atoms with E-state index in [0.29, 0.717) is 31.0 Å². The maximum Gasteiger partial charge on any atom is 0.222 e. The van der Waals surface area contributed by atoms with Gasteiger partial charge in [0.2, 0.25) is 5.91 Å². The number of hydrogen-bond donors (Lipinski definition) is 0. The molecule has 2 aliphatic carbocycles. The highest BCUT2D eigenvalue weighted by Gasteiger charge is 2.36. The Bertz CT molecular complexity index is 1130. The van der Waals surface area contributed by atoms with Gasteiger partial charge in [0.15, 0.2) is 0 Å². The molecule has 1 aromatic heterocycles. The Morgan fingerprint density at radius 1 is 1.03 bits per heavy atom. The third-order valence-corrected chi connectivity index (χ3v) is 9.48. The van der Waals surface area contributed by atoms with E-state index in [1.54, 1.807) is 0 Å². The van der Waals surface area contributed by atoms with Crippen molar-refractivity contribution >= 4 is 55.2 Å². The van der Waals surface area contributed by atoms with E-state index in [2.05, 4.69) is 44.0 Å². The van der Waals surface area contributed by atoms with Crippen LogP contribution >= 0.6 is 43.5 Å². The van der Waals surface area contributed by atoms with E-state index in [4.69, 9.17) is 16.6 Å². The normalized spacial score (nSPS) is 22.9. The van der Waals surface area contributed by atoms with Crippen molar-refractivity contribution in [2.45, 2.75) is 70.1 Å². The van der Waals surface area contributed by atoms with Gasteiger partial charge in [-0.05, 0) is 102 Å². The number of piperidine rings is 1. The van der Waals surface area contributed by atoms with Crippen LogP contribution in [0.4, 0.5) is 0 Å². The minimum Gasteiger partial charge on any atom is -0.343 e. The quantitative estimate of drug-likeness (QED) is 0.361. The molecule has 5 rings (SSSR count). The van der Waals surface area contributed by atoms with Crippen molar-refractivity contribution < 1.29 is 9.59 Å². The first-order valence-corrected chi connectivity index (χ1v) is 14.8. The molecule has 35 heavy (non-hydrogen) atoms. The second kappa shape index (κ2) is 11.0. The summed E-state index contributed by atoms with van der Waals surface area (Å²) in [5.41, 5.74) is 5.05. The van der Waals surface area contributed by atoms with Gasteiger partial charge in [0.1, 0.15) is 5.78 Å². The lowest BCUT2D eigenvalue weighted by Crippen LogP contribution is -2.40. The molecule has 2 heterocycles. The Kier molecular flexibility index (Phi) is 8.00. The van der Waals surface area contributed by atoms with E-state index < -0.39 is 0 Å². The fourth-order valence-electron chi connectivity index (χ4n) is 6.33. The Labute approximate surface area is 229 Å². The summed E-state index contributed by atoms with van der Waals surface area (Å²) in [7, 11) is 0. The molecule has 0 radical (unpaired) electrons. The van der Waals surface area contributed by atoms with E-state index in [1.807, 2.05) is 17.2 Å². The van der Waals surface area contributed by atoms with Crippen LogP contribution in [0, 0.1) is 11.8 Å². The van der Waals surface area contributed by atoms with Crippen LogP contribution in [0.5, 0.6) is 0 Å². The molecule has 0 N–H and O–H groups in total. The van der Waals surface area contributed by atoms with Crippen molar-refractivity contribution in [1.82, 2.24) is 9.88 Å². The number of pyridine rings is 1. The number of aryl methyl sites for hydroxylation is 2. The third-order valence-electron chi connectivity index (χ3n) is 8.17. The monoisotopic (exact) mass is 620 g/mol. The number of ketones is 1. The molecule has 1 aliphatic heterocycles. The number of benzene rings is 1. The number of fused-ring (bicyclic) bond motifs is 2. The SMILES string of the molecule is O=C1CCCCC1CCC(=O)N1CCC(C2c3ncc(Br)cc3CCc3cc(Cl)cc(Br)c32)CC1. The Morgan fingerprint density at radius 3 is 2.57 bits per heavy atom. The predicted molar refractivity (Wildman–Crippen MR) is 146 cm³/mol. The molecule has 1 saturated heterocycles. The highest BCUT2D eigenvalue weighted by molar-refractivity contribution is 9.10. The molecule has 7 heteroatoms. The second-order valence-electron chi connectivity index (χ2n) is 10.3. The van der Waals surface area contributed by atoms with E-state index in [0.717, 1.165) is 77.7 Å². The molecule has 2 aromatic rings. The summed E-state index contributed by atoms with van der Waals surface area (Å²) >= 11 is 13.9. The van der Waals surface area contributed by atoms with Gasteiger partial charge in [-0.1, -0.05) is 34.0 Å². The summed E-state index contributed by atoms with van der Waals surface area (Å²) < 4.78 is 2.06. The van der Waals surface area contributed by atoms with Crippen LogP contribution in [0.25, 0.3) is 0 Å². The van der Waals surface area contributed by atoms with E-state index in [-0.39, 0.29) is 17.7 Å². The number of aromatic nitrogens is 1. The number of carbonyl (C=O) groups is 2.